The van der Waals surface area contributed by atoms with E-state index in [1.54, 1.807) is 0 Å². The Labute approximate surface area is 77.7 Å². The number of aliphatic hydroxyl groups excluding tert-OH is 4. The van der Waals surface area contributed by atoms with Crippen LogP contribution in [0, 0.1) is 0 Å². The lowest BCUT2D eigenvalue weighted by molar-refractivity contribution is -0.203. The molecule has 12 heavy (non-hydrogen) atoms. The summed E-state index contributed by atoms with van der Waals surface area (Å²) in [5.41, 5.74) is 0. The zero-order chi connectivity index (χ0) is 9.30. The summed E-state index contributed by atoms with van der Waals surface area (Å²) in [4.78, 5) is 0. The topological polar surface area (TPSA) is 90.2 Å². The van der Waals surface area contributed by atoms with Gasteiger partial charge in [-0.15, -0.1) is 0 Å². The number of hydrogen-bond acceptors (Lipinski definition) is 5. The standard InChI is InChI=1S/C6H11BrO5/c7-6-5(11)4(10)3(9)2(1-8)12-6/h2-6,8-11H,1H2/t2-,3-,4+,5+,6+/m0/s1. The van der Waals surface area contributed by atoms with Gasteiger partial charge in [-0.05, 0) is 0 Å². The van der Waals surface area contributed by atoms with Gasteiger partial charge in [-0.2, -0.15) is 0 Å². The maximum atomic E-state index is 9.21. The van der Waals surface area contributed by atoms with Crippen molar-refractivity contribution in [3.8, 4) is 0 Å². The van der Waals surface area contributed by atoms with Gasteiger partial charge < -0.3 is 25.2 Å². The second kappa shape index (κ2) is 3.99. The van der Waals surface area contributed by atoms with Gasteiger partial charge in [0.05, 0.1) is 6.61 Å². The summed E-state index contributed by atoms with van der Waals surface area (Å²) >= 11 is 2.95. The molecule has 72 valence electrons. The Kier molecular flexibility index (Phi) is 3.45. The van der Waals surface area contributed by atoms with Crippen LogP contribution in [0.25, 0.3) is 0 Å². The highest BCUT2D eigenvalue weighted by Gasteiger charge is 2.42. The summed E-state index contributed by atoms with van der Waals surface area (Å²) in [6.07, 6.45) is -4.57. The first-order valence-corrected chi connectivity index (χ1v) is 4.44. The summed E-state index contributed by atoms with van der Waals surface area (Å²) in [6, 6.07) is 0. The third-order valence-electron chi connectivity index (χ3n) is 1.83. The molecule has 1 fully saturated rings. The van der Waals surface area contributed by atoms with Crippen LogP contribution >= 0.6 is 15.9 Å². The Morgan fingerprint density at radius 1 is 1.08 bits per heavy atom. The minimum Gasteiger partial charge on any atom is -0.394 e. The van der Waals surface area contributed by atoms with Gasteiger partial charge in [0.1, 0.15) is 29.4 Å². The Morgan fingerprint density at radius 3 is 2.17 bits per heavy atom. The highest BCUT2D eigenvalue weighted by molar-refractivity contribution is 9.09. The van der Waals surface area contributed by atoms with Crippen molar-refractivity contribution < 1.29 is 25.2 Å². The molecule has 0 amide bonds. The Hall–Kier alpha value is 0.280. The molecule has 0 aromatic rings. The van der Waals surface area contributed by atoms with Crippen LogP contribution < -0.4 is 0 Å². The van der Waals surface area contributed by atoms with Crippen molar-refractivity contribution in [2.45, 2.75) is 29.4 Å². The molecule has 0 saturated carbocycles. The molecule has 5 atom stereocenters. The van der Waals surface area contributed by atoms with Gasteiger partial charge in [0.15, 0.2) is 0 Å². The lowest BCUT2D eigenvalue weighted by Crippen LogP contribution is -2.56. The maximum Gasteiger partial charge on any atom is 0.141 e. The van der Waals surface area contributed by atoms with Crippen molar-refractivity contribution in [2.75, 3.05) is 6.61 Å². The number of alkyl halides is 1. The van der Waals surface area contributed by atoms with E-state index in [-0.39, 0.29) is 0 Å². The van der Waals surface area contributed by atoms with Crippen molar-refractivity contribution in [3.63, 3.8) is 0 Å². The van der Waals surface area contributed by atoms with Crippen LogP contribution in [0.1, 0.15) is 0 Å². The molecular weight excluding hydrogens is 232 g/mol. The van der Waals surface area contributed by atoms with Gasteiger partial charge >= 0.3 is 0 Å². The summed E-state index contributed by atoms with van der Waals surface area (Å²) in [6.45, 7) is -0.396. The Morgan fingerprint density at radius 2 is 1.67 bits per heavy atom. The normalized spacial score (nSPS) is 49.2. The van der Waals surface area contributed by atoms with E-state index in [0.29, 0.717) is 0 Å². The fourth-order valence-electron chi connectivity index (χ4n) is 1.06. The van der Waals surface area contributed by atoms with Crippen LogP contribution in [-0.4, -0.2) is 56.5 Å². The zero-order valence-corrected chi connectivity index (χ0v) is 7.75. The van der Waals surface area contributed by atoms with E-state index in [9.17, 15) is 10.2 Å². The third-order valence-corrected chi connectivity index (χ3v) is 2.59. The molecular formula is C6H11BrO5. The smallest absolute Gasteiger partial charge is 0.141 e. The van der Waals surface area contributed by atoms with Crippen molar-refractivity contribution in [3.05, 3.63) is 0 Å². The van der Waals surface area contributed by atoms with Crippen molar-refractivity contribution in [1.82, 2.24) is 0 Å². The Balaban J connectivity index is 2.63. The lowest BCUT2D eigenvalue weighted by Gasteiger charge is -2.37. The molecule has 1 heterocycles. The molecule has 1 saturated heterocycles. The van der Waals surface area contributed by atoms with E-state index in [0.717, 1.165) is 0 Å². The summed E-state index contributed by atoms with van der Waals surface area (Å²) in [5.74, 6) is 0. The first kappa shape index (κ1) is 10.4. The molecule has 0 aromatic heterocycles. The van der Waals surface area contributed by atoms with Crippen LogP contribution in [0.5, 0.6) is 0 Å². The molecule has 0 bridgehead atoms. The quantitative estimate of drug-likeness (QED) is 0.407. The molecule has 0 aliphatic carbocycles. The zero-order valence-electron chi connectivity index (χ0n) is 6.17. The lowest BCUT2D eigenvalue weighted by atomic mass is 10.0. The fraction of sp³-hybridized carbons (Fsp3) is 1.00. The molecule has 1 aliphatic rings. The minimum atomic E-state index is -1.29. The second-order valence-electron chi connectivity index (χ2n) is 2.68. The van der Waals surface area contributed by atoms with E-state index in [4.69, 9.17) is 14.9 Å². The highest BCUT2D eigenvalue weighted by Crippen LogP contribution is 2.24. The largest absolute Gasteiger partial charge is 0.394 e. The maximum absolute atomic E-state index is 9.21. The summed E-state index contributed by atoms with van der Waals surface area (Å²) in [7, 11) is 0. The van der Waals surface area contributed by atoms with Crippen LogP contribution in [0.15, 0.2) is 0 Å². The monoisotopic (exact) mass is 242 g/mol. The van der Waals surface area contributed by atoms with Gasteiger partial charge in [0.2, 0.25) is 0 Å². The highest BCUT2D eigenvalue weighted by atomic mass is 79.9. The first-order chi connectivity index (χ1) is 5.57. The van der Waals surface area contributed by atoms with Crippen LogP contribution in [0.3, 0.4) is 0 Å². The van der Waals surface area contributed by atoms with E-state index in [1.807, 2.05) is 0 Å². The average molecular weight is 243 g/mol. The van der Waals surface area contributed by atoms with Gasteiger partial charge in [0.25, 0.3) is 0 Å². The van der Waals surface area contributed by atoms with Crippen LogP contribution in [0.2, 0.25) is 0 Å². The third kappa shape index (κ3) is 1.78. The molecule has 5 nitrogen and oxygen atoms in total. The van der Waals surface area contributed by atoms with E-state index in [2.05, 4.69) is 15.9 Å². The number of rotatable bonds is 1. The van der Waals surface area contributed by atoms with Gasteiger partial charge in [-0.25, -0.2) is 0 Å². The number of ether oxygens (including phenoxy) is 1. The van der Waals surface area contributed by atoms with Crippen molar-refractivity contribution >= 4 is 15.9 Å². The van der Waals surface area contributed by atoms with Crippen LogP contribution in [0.4, 0.5) is 0 Å². The first-order valence-electron chi connectivity index (χ1n) is 3.52. The number of halogens is 1. The molecule has 4 N–H and O–H groups in total. The average Bonchev–Trinajstić information content (AvgIpc) is 2.08. The SMILES string of the molecule is OC[C@@H]1O[C@@H](Br)[C@H](O)[C@H](O)[C@H]1O. The molecule has 6 heteroatoms. The second-order valence-corrected chi connectivity index (χ2v) is 3.58. The van der Waals surface area contributed by atoms with Gasteiger partial charge in [-0.3, -0.25) is 0 Å². The summed E-state index contributed by atoms with van der Waals surface area (Å²) < 4.78 is 4.94. The molecule has 0 spiro atoms. The van der Waals surface area contributed by atoms with Crippen LogP contribution in [-0.2, 0) is 4.74 Å². The minimum absolute atomic E-state index is 0.396. The molecule has 1 rings (SSSR count). The predicted molar refractivity (Wildman–Crippen MR) is 42.7 cm³/mol. The number of aliphatic hydroxyl groups is 4. The van der Waals surface area contributed by atoms with E-state index < -0.39 is 36.0 Å². The number of hydrogen-bond donors (Lipinski definition) is 4. The molecule has 0 unspecified atom stereocenters. The molecule has 0 radical (unpaired) electrons. The van der Waals surface area contributed by atoms with Crippen molar-refractivity contribution in [1.29, 1.82) is 0 Å². The van der Waals surface area contributed by atoms with E-state index in [1.165, 1.54) is 0 Å². The van der Waals surface area contributed by atoms with Crippen molar-refractivity contribution in [2.24, 2.45) is 0 Å². The molecule has 0 aromatic carbocycles. The molecule has 1 aliphatic heterocycles. The Bertz CT molecular complexity index is 150. The van der Waals surface area contributed by atoms with Gasteiger partial charge in [-0.1, -0.05) is 15.9 Å². The summed E-state index contributed by atoms with van der Waals surface area (Å²) in [5, 5.41) is 35.5. The van der Waals surface area contributed by atoms with Gasteiger partial charge in [0, 0.05) is 0 Å². The fourth-order valence-corrected chi connectivity index (χ4v) is 1.65. The van der Waals surface area contributed by atoms with E-state index >= 15 is 0 Å². The predicted octanol–water partition coefficient (Wildman–Crippen LogP) is -1.82.